The van der Waals surface area contributed by atoms with Crippen LogP contribution in [0, 0.1) is 0 Å². The first kappa shape index (κ1) is 9.92. The molecule has 0 atom stereocenters. The Bertz CT molecular complexity index is 546. The fourth-order valence-corrected chi connectivity index (χ4v) is 2.37. The second kappa shape index (κ2) is 3.20. The van der Waals surface area contributed by atoms with Crippen molar-refractivity contribution in [2.45, 2.75) is 0 Å². The van der Waals surface area contributed by atoms with E-state index in [1.807, 2.05) is 0 Å². The molecule has 1 aliphatic rings. The van der Waals surface area contributed by atoms with Crippen molar-refractivity contribution in [3.05, 3.63) is 34.7 Å². The standard InChI is InChI=1S/C10H9NO3S/c1-11-10-6-8(7-12)2-3-9(10)4-5-15(11,13)14/h2-7H,1H3. The fraction of sp³-hybridized carbons (Fsp3) is 0.100. The molecule has 5 heteroatoms. The van der Waals surface area contributed by atoms with E-state index in [9.17, 15) is 13.2 Å². The Balaban J connectivity index is 2.66. The van der Waals surface area contributed by atoms with Crippen molar-refractivity contribution in [1.29, 1.82) is 0 Å². The van der Waals surface area contributed by atoms with Gasteiger partial charge < -0.3 is 0 Å². The summed E-state index contributed by atoms with van der Waals surface area (Å²) in [6, 6.07) is 4.94. The van der Waals surface area contributed by atoms with Crippen molar-refractivity contribution >= 4 is 28.1 Å². The zero-order valence-electron chi connectivity index (χ0n) is 8.04. The van der Waals surface area contributed by atoms with Crippen LogP contribution >= 0.6 is 0 Å². The van der Waals surface area contributed by atoms with Gasteiger partial charge in [-0.25, -0.2) is 8.42 Å². The number of aldehydes is 1. The quantitative estimate of drug-likeness (QED) is 0.673. The number of sulfonamides is 1. The minimum absolute atomic E-state index is 0.464. The highest BCUT2D eigenvalue weighted by Crippen LogP contribution is 2.29. The van der Waals surface area contributed by atoms with Crippen molar-refractivity contribution in [3.63, 3.8) is 0 Å². The lowest BCUT2D eigenvalue weighted by atomic mass is 10.1. The van der Waals surface area contributed by atoms with Crippen LogP contribution < -0.4 is 4.31 Å². The molecule has 0 radical (unpaired) electrons. The average molecular weight is 223 g/mol. The summed E-state index contributed by atoms with van der Waals surface area (Å²) in [5.41, 5.74) is 1.78. The number of carbonyl (C=O) groups is 1. The molecule has 1 aromatic rings. The number of carbonyl (C=O) groups excluding carboxylic acids is 1. The molecule has 1 aliphatic heterocycles. The molecule has 0 N–H and O–H groups in total. The smallest absolute Gasteiger partial charge is 0.257 e. The third-order valence-corrected chi connectivity index (χ3v) is 3.77. The lowest BCUT2D eigenvalue weighted by Gasteiger charge is -2.23. The minimum atomic E-state index is -3.36. The van der Waals surface area contributed by atoms with E-state index in [4.69, 9.17) is 0 Å². The molecule has 78 valence electrons. The molecule has 0 aliphatic carbocycles. The van der Waals surface area contributed by atoms with E-state index in [2.05, 4.69) is 0 Å². The number of hydrogen-bond acceptors (Lipinski definition) is 3. The van der Waals surface area contributed by atoms with E-state index in [-0.39, 0.29) is 0 Å². The third kappa shape index (κ3) is 1.55. The number of benzene rings is 1. The van der Waals surface area contributed by atoms with Gasteiger partial charge in [-0.1, -0.05) is 12.1 Å². The predicted octanol–water partition coefficient (Wildman–Crippen LogP) is 1.25. The monoisotopic (exact) mass is 223 g/mol. The van der Waals surface area contributed by atoms with Crippen LogP contribution in [-0.4, -0.2) is 21.8 Å². The first-order valence-corrected chi connectivity index (χ1v) is 5.81. The highest BCUT2D eigenvalue weighted by molar-refractivity contribution is 7.95. The van der Waals surface area contributed by atoms with Crippen LogP contribution in [0.15, 0.2) is 23.6 Å². The molecule has 0 saturated carbocycles. The van der Waals surface area contributed by atoms with Gasteiger partial charge in [0, 0.05) is 12.6 Å². The molecule has 0 fully saturated rings. The summed E-state index contributed by atoms with van der Waals surface area (Å²) in [5, 5.41) is 1.15. The van der Waals surface area contributed by atoms with E-state index in [0.29, 0.717) is 17.5 Å². The minimum Gasteiger partial charge on any atom is -0.298 e. The number of anilines is 1. The molecule has 15 heavy (non-hydrogen) atoms. The summed E-state index contributed by atoms with van der Waals surface area (Å²) in [7, 11) is -1.90. The topological polar surface area (TPSA) is 54.5 Å². The zero-order valence-corrected chi connectivity index (χ0v) is 8.86. The Labute approximate surface area is 87.9 Å². The van der Waals surface area contributed by atoms with E-state index >= 15 is 0 Å². The van der Waals surface area contributed by atoms with Crippen LogP contribution in [0.4, 0.5) is 5.69 Å². The van der Waals surface area contributed by atoms with Gasteiger partial charge in [0.15, 0.2) is 0 Å². The largest absolute Gasteiger partial charge is 0.298 e. The van der Waals surface area contributed by atoms with Gasteiger partial charge in [-0.05, 0) is 17.7 Å². The Morgan fingerprint density at radius 3 is 2.73 bits per heavy atom. The molecule has 0 spiro atoms. The Morgan fingerprint density at radius 2 is 2.07 bits per heavy atom. The predicted molar refractivity (Wildman–Crippen MR) is 58.2 cm³/mol. The van der Waals surface area contributed by atoms with Crippen LogP contribution in [0.1, 0.15) is 15.9 Å². The lowest BCUT2D eigenvalue weighted by Crippen LogP contribution is -2.27. The molecule has 2 rings (SSSR count). The average Bonchev–Trinajstić information content (AvgIpc) is 2.24. The van der Waals surface area contributed by atoms with Crippen LogP contribution in [0.2, 0.25) is 0 Å². The van der Waals surface area contributed by atoms with Crippen molar-refractivity contribution < 1.29 is 13.2 Å². The molecule has 0 unspecified atom stereocenters. The van der Waals surface area contributed by atoms with Gasteiger partial charge in [-0.3, -0.25) is 9.10 Å². The molecule has 4 nitrogen and oxygen atoms in total. The highest BCUT2D eigenvalue weighted by atomic mass is 32.2. The Kier molecular flexibility index (Phi) is 2.12. The van der Waals surface area contributed by atoms with Gasteiger partial charge in [0.2, 0.25) is 0 Å². The summed E-state index contributed by atoms with van der Waals surface area (Å²) in [6.07, 6.45) is 2.22. The molecular formula is C10H9NO3S. The summed E-state index contributed by atoms with van der Waals surface area (Å²) in [5.74, 6) is 0. The number of hydrogen-bond donors (Lipinski definition) is 0. The van der Waals surface area contributed by atoms with Crippen molar-refractivity contribution in [2.24, 2.45) is 0 Å². The van der Waals surface area contributed by atoms with Crippen LogP contribution in [0.5, 0.6) is 0 Å². The second-order valence-electron chi connectivity index (χ2n) is 3.25. The third-order valence-electron chi connectivity index (χ3n) is 2.33. The van der Waals surface area contributed by atoms with Gasteiger partial charge in [0.25, 0.3) is 10.0 Å². The normalized spacial score (nSPS) is 17.3. The number of nitrogens with zero attached hydrogens (tertiary/aromatic N) is 1. The Morgan fingerprint density at radius 1 is 1.33 bits per heavy atom. The number of rotatable bonds is 1. The van der Waals surface area contributed by atoms with Gasteiger partial charge >= 0.3 is 0 Å². The van der Waals surface area contributed by atoms with Crippen molar-refractivity contribution in [2.75, 3.05) is 11.4 Å². The molecule has 1 heterocycles. The summed E-state index contributed by atoms with van der Waals surface area (Å²) >= 11 is 0. The molecule has 0 saturated heterocycles. The summed E-state index contributed by atoms with van der Waals surface area (Å²) < 4.78 is 24.2. The number of fused-ring (bicyclic) bond motifs is 1. The van der Waals surface area contributed by atoms with Crippen molar-refractivity contribution in [1.82, 2.24) is 0 Å². The van der Waals surface area contributed by atoms with Gasteiger partial charge in [-0.15, -0.1) is 0 Å². The maximum absolute atomic E-state index is 11.5. The van der Waals surface area contributed by atoms with Gasteiger partial charge in [0.05, 0.1) is 11.1 Å². The van der Waals surface area contributed by atoms with Gasteiger partial charge in [0.1, 0.15) is 6.29 Å². The molecule has 0 bridgehead atoms. The lowest BCUT2D eigenvalue weighted by molar-refractivity contribution is 0.112. The van der Waals surface area contributed by atoms with Crippen LogP contribution in [-0.2, 0) is 10.0 Å². The van der Waals surface area contributed by atoms with E-state index in [0.717, 1.165) is 15.3 Å². The highest BCUT2D eigenvalue weighted by Gasteiger charge is 2.21. The van der Waals surface area contributed by atoms with Crippen molar-refractivity contribution in [3.8, 4) is 0 Å². The SMILES string of the molecule is CN1c2cc(C=O)ccc2C=CS1(=O)=O. The van der Waals surface area contributed by atoms with Crippen LogP contribution in [0.25, 0.3) is 6.08 Å². The van der Waals surface area contributed by atoms with Gasteiger partial charge in [-0.2, -0.15) is 0 Å². The first-order valence-electron chi connectivity index (χ1n) is 4.31. The molecular weight excluding hydrogens is 214 g/mol. The second-order valence-corrected chi connectivity index (χ2v) is 5.10. The fourth-order valence-electron chi connectivity index (χ4n) is 1.44. The van der Waals surface area contributed by atoms with E-state index < -0.39 is 10.0 Å². The Hall–Kier alpha value is -1.62. The summed E-state index contributed by atoms with van der Waals surface area (Å²) in [6.45, 7) is 0. The first-order chi connectivity index (χ1) is 7.04. The zero-order chi connectivity index (χ0) is 11.1. The maximum atomic E-state index is 11.5. The molecule has 0 amide bonds. The molecule has 0 aromatic heterocycles. The summed E-state index contributed by atoms with van der Waals surface area (Å²) in [4.78, 5) is 10.6. The maximum Gasteiger partial charge on any atom is 0.257 e. The molecule has 1 aromatic carbocycles. The van der Waals surface area contributed by atoms with E-state index in [1.165, 1.54) is 13.1 Å². The van der Waals surface area contributed by atoms with Crippen LogP contribution in [0.3, 0.4) is 0 Å². The van der Waals surface area contributed by atoms with E-state index in [1.54, 1.807) is 18.2 Å².